The molecule has 1 heterocycles. The predicted molar refractivity (Wildman–Crippen MR) is 338 cm³/mol. The molecule has 0 atom stereocenters. The highest BCUT2D eigenvalue weighted by molar-refractivity contribution is 5.92. The number of anilines is 4. The average molecular weight is 1020 g/mol. The molecule has 3 nitrogen and oxygen atoms in total. The van der Waals surface area contributed by atoms with Crippen LogP contribution in [0.4, 0.5) is 22.7 Å². The van der Waals surface area contributed by atoms with E-state index in [2.05, 4.69) is 300 Å². The van der Waals surface area contributed by atoms with Crippen molar-refractivity contribution in [3.05, 3.63) is 315 Å². The van der Waals surface area contributed by atoms with Crippen molar-refractivity contribution in [2.24, 2.45) is 0 Å². The monoisotopic (exact) mass is 1020 g/mol. The normalized spacial score (nSPS) is 12.0. The van der Waals surface area contributed by atoms with E-state index >= 15 is 0 Å². The van der Waals surface area contributed by atoms with Crippen LogP contribution in [0.25, 0.3) is 45.7 Å². The van der Waals surface area contributed by atoms with Gasteiger partial charge in [-0.15, -0.1) is 0 Å². The van der Waals surface area contributed by atoms with Crippen molar-refractivity contribution in [2.75, 3.05) is 16.8 Å². The molecule has 79 heavy (non-hydrogen) atoms. The molecule has 0 amide bonds. The van der Waals surface area contributed by atoms with Crippen LogP contribution >= 0.6 is 0 Å². The van der Waals surface area contributed by atoms with Crippen LogP contribution in [-0.4, -0.2) is 12.0 Å². The van der Waals surface area contributed by atoms with Gasteiger partial charge in [0.15, 0.2) is 0 Å². The van der Waals surface area contributed by atoms with Crippen LogP contribution in [-0.2, 0) is 19.4 Å². The zero-order valence-corrected chi connectivity index (χ0v) is 46.5. The molecule has 1 aromatic heterocycles. The molecule has 0 saturated heterocycles. The van der Waals surface area contributed by atoms with Gasteiger partial charge in [-0.2, -0.15) is 0 Å². The van der Waals surface area contributed by atoms with E-state index in [1.807, 2.05) is 0 Å². The van der Waals surface area contributed by atoms with Gasteiger partial charge in [-0.1, -0.05) is 198 Å². The lowest BCUT2D eigenvalue weighted by Gasteiger charge is -2.30. The number of pyridine rings is 1. The fraction of sp³-hybridized carbons (Fsp3) is 0.145. The maximum absolute atomic E-state index is 5.17. The third kappa shape index (κ3) is 12.4. The molecule has 0 unspecified atom stereocenters. The number of aromatic nitrogens is 1. The third-order valence-electron chi connectivity index (χ3n) is 15.4. The van der Waals surface area contributed by atoms with Crippen molar-refractivity contribution in [1.82, 2.24) is 4.98 Å². The summed E-state index contributed by atoms with van der Waals surface area (Å²) >= 11 is 0. The fourth-order valence-electron chi connectivity index (χ4n) is 11.2. The van der Waals surface area contributed by atoms with Gasteiger partial charge in [0, 0.05) is 47.6 Å². The second kappa shape index (κ2) is 23.7. The molecule has 0 fully saturated rings. The average Bonchev–Trinajstić information content (AvgIpc) is 3.57. The standard InChI is InChI=1S/C76H69N3/c1-53-31-37-61(38-32-53)74(62-39-33-54(2)34-40-62)47-58-35-41-68(42-36-58)79(71-49-66-23-10-11-28-73(66)75(51-71)76-30-14-19-57(5)77-76)70-46-60(22-15-29-72(64-25-12-17-55(3)43-64)65-26-13-18-56(4)44-65)45-67(50-70)63-24-16-27-69(48-63)78(6)52-59-20-8-7-9-21-59/h7-9,12-22,24-27,29-51H,10-11,23,28,52H2,1-6H3/b22-15-. The van der Waals surface area contributed by atoms with Crippen LogP contribution in [0.3, 0.4) is 0 Å². The lowest BCUT2D eigenvalue weighted by atomic mass is 9.86. The van der Waals surface area contributed by atoms with Crippen LogP contribution in [0, 0.1) is 34.6 Å². The van der Waals surface area contributed by atoms with Crippen molar-refractivity contribution in [2.45, 2.75) is 66.8 Å². The SMILES string of the molecule is Cc1ccc(C(=Cc2ccc(N(c3cc(/C=C\C=C(c4cccc(C)c4)c4cccc(C)c4)cc(-c4cccc(N(C)Cc5ccccc5)c4)c3)c3cc4c(c(-c5cccc(C)n5)c3)CCCC4)cc2)c2ccc(C)cc2)cc1. The third-order valence-corrected chi connectivity index (χ3v) is 15.4. The number of hydrogen-bond donors (Lipinski definition) is 0. The summed E-state index contributed by atoms with van der Waals surface area (Å²) in [6.07, 6.45) is 13.6. The molecule has 0 bridgehead atoms. The number of aryl methyl sites for hydroxylation is 6. The Morgan fingerprint density at radius 2 is 1.09 bits per heavy atom. The van der Waals surface area contributed by atoms with E-state index < -0.39 is 0 Å². The van der Waals surface area contributed by atoms with E-state index in [0.29, 0.717) is 0 Å². The van der Waals surface area contributed by atoms with Crippen molar-refractivity contribution < 1.29 is 0 Å². The Kier molecular flexibility index (Phi) is 15.6. The Morgan fingerprint density at radius 1 is 0.456 bits per heavy atom. The zero-order chi connectivity index (χ0) is 54.2. The number of allylic oxidation sites excluding steroid dienone is 2. The molecule has 1 aliphatic carbocycles. The first kappa shape index (κ1) is 52.0. The molecular weight excluding hydrogens is 955 g/mol. The summed E-state index contributed by atoms with van der Waals surface area (Å²) in [5, 5.41) is 0. The molecule has 0 radical (unpaired) electrons. The van der Waals surface area contributed by atoms with Crippen LogP contribution in [0.5, 0.6) is 0 Å². The first-order valence-electron chi connectivity index (χ1n) is 28.0. The first-order chi connectivity index (χ1) is 38.6. The molecule has 3 heteroatoms. The highest BCUT2D eigenvalue weighted by atomic mass is 15.1. The van der Waals surface area contributed by atoms with Crippen molar-refractivity contribution >= 4 is 46.0 Å². The summed E-state index contributed by atoms with van der Waals surface area (Å²) in [5.74, 6) is 0. The first-order valence-corrected chi connectivity index (χ1v) is 28.0. The molecule has 0 aliphatic heterocycles. The largest absolute Gasteiger partial charge is 0.370 e. The quantitative estimate of drug-likeness (QED) is 0.0753. The molecule has 0 spiro atoms. The minimum atomic E-state index is 0.807. The van der Waals surface area contributed by atoms with Gasteiger partial charge in [-0.05, 0) is 205 Å². The second-order valence-corrected chi connectivity index (χ2v) is 21.6. The van der Waals surface area contributed by atoms with E-state index in [0.717, 1.165) is 75.8 Å². The minimum absolute atomic E-state index is 0.807. The smallest absolute Gasteiger partial charge is 0.0708 e. The maximum atomic E-state index is 5.17. The van der Waals surface area contributed by atoms with Crippen LogP contribution in [0.2, 0.25) is 0 Å². The summed E-state index contributed by atoms with van der Waals surface area (Å²) < 4.78 is 0. The van der Waals surface area contributed by atoms with E-state index in [-0.39, 0.29) is 0 Å². The molecule has 9 aromatic carbocycles. The Hall–Kier alpha value is -9.05. The minimum Gasteiger partial charge on any atom is -0.370 e. The Morgan fingerprint density at radius 3 is 1.76 bits per heavy atom. The summed E-state index contributed by atoms with van der Waals surface area (Å²) in [7, 11) is 2.19. The Balaban J connectivity index is 1.10. The van der Waals surface area contributed by atoms with E-state index in [9.17, 15) is 0 Å². The lowest BCUT2D eigenvalue weighted by Crippen LogP contribution is -2.16. The molecule has 11 rings (SSSR count). The highest BCUT2D eigenvalue weighted by Gasteiger charge is 2.23. The molecule has 388 valence electrons. The summed E-state index contributed by atoms with van der Waals surface area (Å²) in [6.45, 7) is 11.5. The van der Waals surface area contributed by atoms with Crippen LogP contribution in [0.1, 0.15) is 90.9 Å². The number of nitrogens with zero attached hydrogens (tertiary/aromatic N) is 3. The number of rotatable bonds is 15. The maximum Gasteiger partial charge on any atom is 0.0708 e. The van der Waals surface area contributed by atoms with Gasteiger partial charge in [0.2, 0.25) is 0 Å². The zero-order valence-electron chi connectivity index (χ0n) is 46.5. The molecule has 1 aliphatic rings. The van der Waals surface area contributed by atoms with E-state index in [1.165, 1.54) is 90.7 Å². The summed E-state index contributed by atoms with van der Waals surface area (Å²) in [6, 6.07) is 82.8. The number of hydrogen-bond acceptors (Lipinski definition) is 3. The van der Waals surface area contributed by atoms with Crippen LogP contribution in [0.15, 0.2) is 237 Å². The molecular formula is C76H69N3. The van der Waals surface area contributed by atoms with Crippen molar-refractivity contribution in [3.8, 4) is 22.4 Å². The highest BCUT2D eigenvalue weighted by Crippen LogP contribution is 2.43. The van der Waals surface area contributed by atoms with Gasteiger partial charge in [0.1, 0.15) is 0 Å². The second-order valence-electron chi connectivity index (χ2n) is 21.6. The molecule has 10 aromatic rings. The van der Waals surface area contributed by atoms with Crippen molar-refractivity contribution in [3.63, 3.8) is 0 Å². The van der Waals surface area contributed by atoms with Gasteiger partial charge in [-0.3, -0.25) is 4.98 Å². The Labute approximate surface area is 469 Å². The van der Waals surface area contributed by atoms with Crippen molar-refractivity contribution in [1.29, 1.82) is 0 Å². The van der Waals surface area contributed by atoms with E-state index in [1.54, 1.807) is 0 Å². The number of fused-ring (bicyclic) bond motifs is 1. The van der Waals surface area contributed by atoms with Gasteiger partial charge >= 0.3 is 0 Å². The number of benzene rings is 9. The summed E-state index contributed by atoms with van der Waals surface area (Å²) in [4.78, 5) is 9.99. The fourth-order valence-corrected chi connectivity index (χ4v) is 11.2. The predicted octanol–water partition coefficient (Wildman–Crippen LogP) is 19.7. The van der Waals surface area contributed by atoms with Gasteiger partial charge in [0.05, 0.1) is 5.69 Å². The summed E-state index contributed by atoms with van der Waals surface area (Å²) in [5.41, 5.74) is 28.4. The lowest BCUT2D eigenvalue weighted by molar-refractivity contribution is 0.686. The van der Waals surface area contributed by atoms with Gasteiger partial charge < -0.3 is 9.80 Å². The molecule has 0 N–H and O–H groups in total. The van der Waals surface area contributed by atoms with Gasteiger partial charge in [0.25, 0.3) is 0 Å². The van der Waals surface area contributed by atoms with Crippen LogP contribution < -0.4 is 9.80 Å². The Bertz CT molecular complexity index is 3760. The molecule has 0 saturated carbocycles. The van der Waals surface area contributed by atoms with Gasteiger partial charge in [-0.25, -0.2) is 0 Å². The van der Waals surface area contributed by atoms with E-state index in [4.69, 9.17) is 4.98 Å². The topological polar surface area (TPSA) is 19.4 Å².